The molecular formula is C27H26N2O8. The van der Waals surface area contributed by atoms with Gasteiger partial charge in [-0.25, -0.2) is 9.59 Å². The number of nitrogens with one attached hydrogen (secondary N) is 1. The van der Waals surface area contributed by atoms with Crippen LogP contribution in [0.25, 0.3) is 11.1 Å². The Kier molecular flexibility index (Phi) is 7.80. The monoisotopic (exact) mass is 506 g/mol. The molecule has 10 heteroatoms. The van der Waals surface area contributed by atoms with Crippen LogP contribution < -0.4 is 5.32 Å². The molecule has 37 heavy (non-hydrogen) atoms. The number of aliphatic hydroxyl groups excluding tert-OH is 2. The molecule has 0 radical (unpaired) electrons. The maximum atomic E-state index is 12.4. The van der Waals surface area contributed by atoms with E-state index in [2.05, 4.69) is 5.32 Å². The smallest absolute Gasteiger partial charge is 0.407 e. The highest BCUT2D eigenvalue weighted by atomic mass is 16.6. The van der Waals surface area contributed by atoms with Crippen molar-refractivity contribution in [1.29, 1.82) is 0 Å². The van der Waals surface area contributed by atoms with E-state index in [1.807, 2.05) is 48.5 Å². The van der Waals surface area contributed by atoms with Crippen molar-refractivity contribution in [3.63, 3.8) is 0 Å². The number of nitrogens with zero attached hydrogens (tertiary/aromatic N) is 1. The Morgan fingerprint density at radius 1 is 1.00 bits per heavy atom. The summed E-state index contributed by atoms with van der Waals surface area (Å²) in [4.78, 5) is 35.0. The number of benzene rings is 3. The fourth-order valence-electron chi connectivity index (χ4n) is 4.45. The molecule has 0 saturated heterocycles. The van der Waals surface area contributed by atoms with Crippen molar-refractivity contribution in [1.82, 2.24) is 5.32 Å². The van der Waals surface area contributed by atoms with Crippen LogP contribution in [0, 0.1) is 10.1 Å². The van der Waals surface area contributed by atoms with Crippen LogP contribution in [0.3, 0.4) is 0 Å². The van der Waals surface area contributed by atoms with Gasteiger partial charge in [0.25, 0.3) is 5.69 Å². The molecule has 1 aliphatic carbocycles. The molecule has 1 amide bonds. The van der Waals surface area contributed by atoms with Crippen LogP contribution in [-0.2, 0) is 9.47 Å². The molecule has 192 valence electrons. The SMILES string of the molecule is CCOC(=O)c1ccc(C(O)C(O)CNC(=O)OCC2c3ccccc3-c3ccccc32)c([N+](=O)[O-])c1. The molecule has 0 fully saturated rings. The van der Waals surface area contributed by atoms with Gasteiger partial charge < -0.3 is 25.0 Å². The highest BCUT2D eigenvalue weighted by Crippen LogP contribution is 2.44. The van der Waals surface area contributed by atoms with Crippen molar-refractivity contribution in [2.45, 2.75) is 25.0 Å². The van der Waals surface area contributed by atoms with E-state index in [1.54, 1.807) is 6.92 Å². The van der Waals surface area contributed by atoms with E-state index in [0.717, 1.165) is 28.3 Å². The summed E-state index contributed by atoms with van der Waals surface area (Å²) < 4.78 is 10.2. The fourth-order valence-corrected chi connectivity index (χ4v) is 4.45. The van der Waals surface area contributed by atoms with Crippen molar-refractivity contribution in [3.8, 4) is 11.1 Å². The number of aliphatic hydroxyl groups is 2. The zero-order valence-electron chi connectivity index (χ0n) is 20.0. The molecule has 3 N–H and O–H groups in total. The summed E-state index contributed by atoms with van der Waals surface area (Å²) in [6, 6.07) is 19.2. The topological polar surface area (TPSA) is 148 Å². The first-order chi connectivity index (χ1) is 17.8. The van der Waals surface area contributed by atoms with Crippen LogP contribution in [-0.4, -0.2) is 53.1 Å². The van der Waals surface area contributed by atoms with E-state index < -0.39 is 41.4 Å². The minimum absolute atomic E-state index is 0.0595. The second kappa shape index (κ2) is 11.2. The van der Waals surface area contributed by atoms with Gasteiger partial charge in [0.15, 0.2) is 0 Å². The van der Waals surface area contributed by atoms with Crippen LogP contribution in [0.2, 0.25) is 0 Å². The van der Waals surface area contributed by atoms with Gasteiger partial charge in [0.2, 0.25) is 0 Å². The number of carbonyl (C=O) groups excluding carboxylic acids is 2. The Hall–Kier alpha value is -4.28. The highest BCUT2D eigenvalue weighted by Gasteiger charge is 2.30. The molecule has 0 aromatic heterocycles. The second-order valence-electron chi connectivity index (χ2n) is 8.47. The summed E-state index contributed by atoms with van der Waals surface area (Å²) in [5.41, 5.74) is 3.44. The van der Waals surface area contributed by atoms with E-state index >= 15 is 0 Å². The molecule has 3 aromatic rings. The van der Waals surface area contributed by atoms with Gasteiger partial charge in [0, 0.05) is 18.5 Å². The lowest BCUT2D eigenvalue weighted by Crippen LogP contribution is -2.36. The lowest BCUT2D eigenvalue weighted by atomic mass is 9.98. The summed E-state index contributed by atoms with van der Waals surface area (Å²) >= 11 is 0. The van der Waals surface area contributed by atoms with Crippen molar-refractivity contribution in [2.24, 2.45) is 0 Å². The number of hydrogen-bond donors (Lipinski definition) is 3. The first-order valence-electron chi connectivity index (χ1n) is 11.7. The van der Waals surface area contributed by atoms with Crippen LogP contribution in [0.4, 0.5) is 10.5 Å². The van der Waals surface area contributed by atoms with Crippen molar-refractivity contribution >= 4 is 17.7 Å². The van der Waals surface area contributed by atoms with Gasteiger partial charge in [-0.2, -0.15) is 0 Å². The highest BCUT2D eigenvalue weighted by molar-refractivity contribution is 5.90. The molecule has 0 heterocycles. The minimum Gasteiger partial charge on any atom is -0.462 e. The Morgan fingerprint density at radius 2 is 1.62 bits per heavy atom. The van der Waals surface area contributed by atoms with Gasteiger partial charge >= 0.3 is 12.1 Å². The Morgan fingerprint density at radius 3 is 2.22 bits per heavy atom. The Balaban J connectivity index is 1.37. The van der Waals surface area contributed by atoms with E-state index in [0.29, 0.717) is 0 Å². The summed E-state index contributed by atoms with van der Waals surface area (Å²) in [6.07, 6.45) is -4.08. The van der Waals surface area contributed by atoms with E-state index in [4.69, 9.17) is 9.47 Å². The van der Waals surface area contributed by atoms with Gasteiger partial charge in [0.05, 0.1) is 22.7 Å². The number of esters is 1. The lowest BCUT2D eigenvalue weighted by molar-refractivity contribution is -0.386. The third-order valence-electron chi connectivity index (χ3n) is 6.22. The number of hydrogen-bond acceptors (Lipinski definition) is 8. The molecule has 0 aliphatic heterocycles. The van der Waals surface area contributed by atoms with Gasteiger partial charge in [-0.3, -0.25) is 10.1 Å². The standard InChI is InChI=1S/C27H26N2O8/c1-2-36-26(32)16-11-12-21(23(13-16)29(34)35)25(31)24(30)14-28-27(33)37-15-22-19-9-5-3-7-17(19)18-8-4-6-10-20(18)22/h3-13,22,24-25,30-31H,2,14-15H2,1H3,(H,28,33). The van der Waals surface area contributed by atoms with Crippen molar-refractivity contribution in [2.75, 3.05) is 19.8 Å². The molecule has 3 aromatic carbocycles. The number of alkyl carbamates (subject to hydrolysis) is 1. The fraction of sp³-hybridized carbons (Fsp3) is 0.259. The maximum absolute atomic E-state index is 12.4. The molecule has 4 rings (SSSR count). The van der Waals surface area contributed by atoms with E-state index in [9.17, 15) is 29.9 Å². The van der Waals surface area contributed by atoms with Crippen LogP contribution in [0.5, 0.6) is 0 Å². The molecule has 0 bridgehead atoms. The number of fused-ring (bicyclic) bond motifs is 3. The first kappa shape index (κ1) is 25.8. The zero-order chi connectivity index (χ0) is 26.5. The van der Waals surface area contributed by atoms with Crippen LogP contribution in [0.1, 0.15) is 46.0 Å². The Bertz CT molecular complexity index is 1280. The average molecular weight is 507 g/mol. The molecular weight excluding hydrogens is 480 g/mol. The Labute approximate surface area is 212 Å². The molecule has 10 nitrogen and oxygen atoms in total. The van der Waals surface area contributed by atoms with Crippen LogP contribution in [0.15, 0.2) is 66.7 Å². The molecule has 2 unspecified atom stereocenters. The summed E-state index contributed by atoms with van der Waals surface area (Å²) in [6.45, 7) is 1.34. The second-order valence-corrected chi connectivity index (χ2v) is 8.47. The zero-order valence-corrected chi connectivity index (χ0v) is 20.0. The third-order valence-corrected chi connectivity index (χ3v) is 6.22. The lowest BCUT2D eigenvalue weighted by Gasteiger charge is -2.19. The summed E-state index contributed by atoms with van der Waals surface area (Å²) in [5.74, 6) is -0.890. The van der Waals surface area contributed by atoms with Gasteiger partial charge in [-0.1, -0.05) is 48.5 Å². The first-order valence-corrected chi connectivity index (χ1v) is 11.7. The normalized spacial score (nSPS) is 13.7. The van der Waals surface area contributed by atoms with Crippen LogP contribution >= 0.6 is 0 Å². The summed E-state index contributed by atoms with van der Waals surface area (Å²) in [5, 5.41) is 34.8. The molecule has 0 spiro atoms. The largest absolute Gasteiger partial charge is 0.462 e. The predicted molar refractivity (Wildman–Crippen MR) is 133 cm³/mol. The molecule has 1 aliphatic rings. The minimum atomic E-state index is -1.70. The maximum Gasteiger partial charge on any atom is 0.407 e. The number of nitro groups is 1. The van der Waals surface area contributed by atoms with Gasteiger partial charge in [0.1, 0.15) is 18.8 Å². The average Bonchev–Trinajstić information content (AvgIpc) is 3.23. The number of ether oxygens (including phenoxy) is 2. The quantitative estimate of drug-likeness (QED) is 0.226. The van der Waals surface area contributed by atoms with Gasteiger partial charge in [-0.05, 0) is 41.3 Å². The van der Waals surface area contributed by atoms with Crippen molar-refractivity contribution in [3.05, 3.63) is 99.1 Å². The van der Waals surface area contributed by atoms with E-state index in [-0.39, 0.29) is 30.3 Å². The van der Waals surface area contributed by atoms with Crippen molar-refractivity contribution < 1.29 is 34.2 Å². The number of carbonyl (C=O) groups is 2. The number of amides is 1. The number of rotatable bonds is 9. The predicted octanol–water partition coefficient (Wildman–Crippen LogP) is 3.70. The molecule has 0 saturated carbocycles. The number of nitro benzene ring substituents is 1. The molecule has 2 atom stereocenters. The van der Waals surface area contributed by atoms with E-state index in [1.165, 1.54) is 12.1 Å². The summed E-state index contributed by atoms with van der Waals surface area (Å²) in [7, 11) is 0. The third kappa shape index (κ3) is 5.45. The van der Waals surface area contributed by atoms with Gasteiger partial charge in [-0.15, -0.1) is 0 Å².